The Kier molecular flexibility index (Phi) is 4.01. The minimum absolute atomic E-state index is 0.133. The van der Waals surface area contributed by atoms with Gasteiger partial charge in [-0.2, -0.15) is 0 Å². The van der Waals surface area contributed by atoms with Gasteiger partial charge in [-0.15, -0.1) is 0 Å². The quantitative estimate of drug-likeness (QED) is 0.531. The fraction of sp³-hybridized carbons (Fsp3) is 0.150. The lowest BCUT2D eigenvalue weighted by molar-refractivity contribution is 0.0691. The highest BCUT2D eigenvalue weighted by molar-refractivity contribution is 5.96. The van der Waals surface area contributed by atoms with E-state index >= 15 is 0 Å². The molecule has 0 saturated heterocycles. The van der Waals surface area contributed by atoms with Gasteiger partial charge in [0.1, 0.15) is 29.4 Å². The van der Waals surface area contributed by atoms with Crippen LogP contribution in [0.2, 0.25) is 0 Å². The summed E-state index contributed by atoms with van der Waals surface area (Å²) in [5.41, 5.74) is 2.50. The first kappa shape index (κ1) is 16.1. The number of H-pyrrole nitrogens is 1. The SMILES string of the molecule is CCOc1ccc2c(COc3cccc4[nH]c(C(=O)O)cc34)coc2c1. The Hall–Kier alpha value is -3.41. The minimum Gasteiger partial charge on any atom is -0.494 e. The maximum absolute atomic E-state index is 11.2. The summed E-state index contributed by atoms with van der Waals surface area (Å²) in [7, 11) is 0. The lowest BCUT2D eigenvalue weighted by Gasteiger charge is -2.06. The van der Waals surface area contributed by atoms with Gasteiger partial charge in [-0.05, 0) is 37.3 Å². The number of hydrogen-bond acceptors (Lipinski definition) is 4. The maximum Gasteiger partial charge on any atom is 0.352 e. The van der Waals surface area contributed by atoms with Crippen molar-refractivity contribution in [3.8, 4) is 11.5 Å². The topological polar surface area (TPSA) is 84.7 Å². The number of ether oxygens (including phenoxy) is 2. The van der Waals surface area contributed by atoms with Crippen LogP contribution in [-0.4, -0.2) is 22.7 Å². The second kappa shape index (κ2) is 6.48. The molecule has 0 spiro atoms. The summed E-state index contributed by atoms with van der Waals surface area (Å²) in [5, 5.41) is 10.8. The van der Waals surface area contributed by atoms with E-state index in [4.69, 9.17) is 19.0 Å². The summed E-state index contributed by atoms with van der Waals surface area (Å²) >= 11 is 0. The molecule has 0 bridgehead atoms. The first-order valence-corrected chi connectivity index (χ1v) is 8.26. The molecule has 2 aromatic carbocycles. The molecule has 6 nitrogen and oxygen atoms in total. The van der Waals surface area contributed by atoms with E-state index in [2.05, 4.69) is 4.98 Å². The smallest absolute Gasteiger partial charge is 0.352 e. The Morgan fingerprint density at radius 3 is 2.85 bits per heavy atom. The molecule has 0 aliphatic heterocycles. The molecule has 0 atom stereocenters. The molecule has 132 valence electrons. The van der Waals surface area contributed by atoms with Crippen molar-refractivity contribution in [2.45, 2.75) is 13.5 Å². The Bertz CT molecular complexity index is 1090. The van der Waals surface area contributed by atoms with Crippen LogP contribution in [0.15, 0.2) is 53.1 Å². The molecule has 4 rings (SSSR count). The van der Waals surface area contributed by atoms with Crippen LogP contribution in [0.3, 0.4) is 0 Å². The number of nitrogens with one attached hydrogen (secondary N) is 1. The number of rotatable bonds is 6. The average molecular weight is 351 g/mol. The Morgan fingerprint density at radius 2 is 2.04 bits per heavy atom. The summed E-state index contributed by atoms with van der Waals surface area (Å²) in [6.45, 7) is 2.85. The molecule has 26 heavy (non-hydrogen) atoms. The van der Waals surface area contributed by atoms with Crippen LogP contribution in [0.4, 0.5) is 0 Å². The highest BCUT2D eigenvalue weighted by Gasteiger charge is 2.12. The number of carboxylic acid groups (broad SMARTS) is 1. The van der Waals surface area contributed by atoms with E-state index in [-0.39, 0.29) is 5.69 Å². The molecular formula is C20H17NO5. The van der Waals surface area contributed by atoms with Crippen molar-refractivity contribution in [1.82, 2.24) is 4.98 Å². The number of furan rings is 1. The number of fused-ring (bicyclic) bond motifs is 2. The van der Waals surface area contributed by atoms with Gasteiger partial charge < -0.3 is 24.0 Å². The van der Waals surface area contributed by atoms with Crippen molar-refractivity contribution >= 4 is 27.8 Å². The molecule has 2 heterocycles. The second-order valence-electron chi connectivity index (χ2n) is 5.85. The number of aromatic amines is 1. The van der Waals surface area contributed by atoms with Crippen molar-refractivity contribution in [3.05, 3.63) is 60.0 Å². The fourth-order valence-electron chi connectivity index (χ4n) is 2.96. The Morgan fingerprint density at radius 1 is 1.15 bits per heavy atom. The third-order valence-corrected chi connectivity index (χ3v) is 4.18. The van der Waals surface area contributed by atoms with Crippen LogP contribution in [0, 0.1) is 0 Å². The summed E-state index contributed by atoms with van der Waals surface area (Å²) < 4.78 is 17.0. The highest BCUT2D eigenvalue weighted by atomic mass is 16.5. The van der Waals surface area contributed by atoms with E-state index in [1.54, 1.807) is 12.3 Å². The molecule has 0 aliphatic rings. The number of hydrogen-bond donors (Lipinski definition) is 2. The van der Waals surface area contributed by atoms with Gasteiger partial charge in [0.25, 0.3) is 0 Å². The lowest BCUT2D eigenvalue weighted by atomic mass is 10.2. The van der Waals surface area contributed by atoms with Crippen molar-refractivity contribution in [2.24, 2.45) is 0 Å². The van der Waals surface area contributed by atoms with E-state index in [0.717, 1.165) is 33.2 Å². The monoisotopic (exact) mass is 351 g/mol. The van der Waals surface area contributed by atoms with Gasteiger partial charge >= 0.3 is 5.97 Å². The zero-order valence-corrected chi connectivity index (χ0v) is 14.1. The normalized spacial score (nSPS) is 11.1. The van der Waals surface area contributed by atoms with E-state index in [0.29, 0.717) is 19.0 Å². The third-order valence-electron chi connectivity index (χ3n) is 4.18. The number of carbonyl (C=O) groups is 1. The van der Waals surface area contributed by atoms with Crippen molar-refractivity contribution < 1.29 is 23.8 Å². The number of aromatic carboxylic acids is 1. The number of carboxylic acids is 1. The molecule has 4 aromatic rings. The Balaban J connectivity index is 1.60. The molecule has 6 heteroatoms. The maximum atomic E-state index is 11.2. The van der Waals surface area contributed by atoms with Gasteiger partial charge in [0.15, 0.2) is 0 Å². The number of aromatic nitrogens is 1. The predicted octanol–water partition coefficient (Wildman–Crippen LogP) is 4.59. The van der Waals surface area contributed by atoms with Crippen LogP contribution in [0.25, 0.3) is 21.9 Å². The van der Waals surface area contributed by atoms with E-state index < -0.39 is 5.97 Å². The van der Waals surface area contributed by atoms with Crippen LogP contribution in [0.1, 0.15) is 23.0 Å². The van der Waals surface area contributed by atoms with E-state index in [1.807, 2.05) is 43.3 Å². The summed E-state index contributed by atoms with van der Waals surface area (Å²) in [6.07, 6.45) is 1.67. The molecule has 0 amide bonds. The van der Waals surface area contributed by atoms with Crippen LogP contribution in [0.5, 0.6) is 11.5 Å². The third kappa shape index (κ3) is 2.86. The fourth-order valence-corrected chi connectivity index (χ4v) is 2.96. The second-order valence-corrected chi connectivity index (χ2v) is 5.85. The summed E-state index contributed by atoms with van der Waals surface area (Å²) in [4.78, 5) is 14.0. The van der Waals surface area contributed by atoms with E-state index in [9.17, 15) is 4.79 Å². The largest absolute Gasteiger partial charge is 0.494 e. The van der Waals surface area contributed by atoms with Gasteiger partial charge in [0.05, 0.1) is 12.9 Å². The van der Waals surface area contributed by atoms with Crippen LogP contribution >= 0.6 is 0 Å². The summed E-state index contributed by atoms with van der Waals surface area (Å²) in [5.74, 6) is 0.379. The van der Waals surface area contributed by atoms with Crippen molar-refractivity contribution in [3.63, 3.8) is 0 Å². The van der Waals surface area contributed by atoms with Gasteiger partial charge in [-0.1, -0.05) is 6.07 Å². The molecule has 0 radical (unpaired) electrons. The Labute approximate surface area is 148 Å². The molecule has 0 aliphatic carbocycles. The van der Waals surface area contributed by atoms with Crippen LogP contribution < -0.4 is 9.47 Å². The zero-order chi connectivity index (χ0) is 18.1. The van der Waals surface area contributed by atoms with Gasteiger partial charge in [-0.25, -0.2) is 4.79 Å². The lowest BCUT2D eigenvalue weighted by Crippen LogP contribution is -1.95. The summed E-state index contributed by atoms with van der Waals surface area (Å²) in [6, 6.07) is 12.7. The standard InChI is InChI=1S/C20H17NO5/c1-2-24-13-6-7-14-12(11-26-19(14)8-13)10-25-18-5-3-4-16-15(18)9-17(21-16)20(22)23/h3-9,11,21H,2,10H2,1H3,(H,22,23). The van der Waals surface area contributed by atoms with Crippen molar-refractivity contribution in [2.75, 3.05) is 6.61 Å². The highest BCUT2D eigenvalue weighted by Crippen LogP contribution is 2.30. The zero-order valence-electron chi connectivity index (χ0n) is 14.1. The minimum atomic E-state index is -1.00. The molecule has 2 aromatic heterocycles. The molecule has 0 fully saturated rings. The van der Waals surface area contributed by atoms with Crippen molar-refractivity contribution in [1.29, 1.82) is 0 Å². The van der Waals surface area contributed by atoms with Crippen LogP contribution in [-0.2, 0) is 6.61 Å². The predicted molar refractivity (Wildman–Crippen MR) is 97.0 cm³/mol. The molecule has 2 N–H and O–H groups in total. The first-order chi connectivity index (χ1) is 12.7. The number of benzene rings is 2. The van der Waals surface area contributed by atoms with Gasteiger partial charge in [0, 0.05) is 27.9 Å². The van der Waals surface area contributed by atoms with E-state index in [1.165, 1.54) is 0 Å². The van der Waals surface area contributed by atoms with Gasteiger partial charge in [0.2, 0.25) is 0 Å². The molecule has 0 unspecified atom stereocenters. The average Bonchev–Trinajstić information content (AvgIpc) is 3.24. The molecular weight excluding hydrogens is 334 g/mol. The molecule has 0 saturated carbocycles. The first-order valence-electron chi connectivity index (χ1n) is 8.26. The van der Waals surface area contributed by atoms with Gasteiger partial charge in [-0.3, -0.25) is 0 Å².